The van der Waals surface area contributed by atoms with Gasteiger partial charge in [-0.1, -0.05) is 6.08 Å². The minimum atomic E-state index is -3.05. The van der Waals surface area contributed by atoms with Crippen LogP contribution in [0.2, 0.25) is 0 Å². The average Bonchev–Trinajstić information content (AvgIpc) is 3.03. The molecule has 4 nitrogen and oxygen atoms in total. The van der Waals surface area contributed by atoms with Gasteiger partial charge in [0.05, 0.1) is 5.75 Å². The van der Waals surface area contributed by atoms with Crippen molar-refractivity contribution >= 4 is 15.7 Å². The number of rotatable bonds is 4. The van der Waals surface area contributed by atoms with Gasteiger partial charge in [0.25, 0.3) is 0 Å². The predicted octanol–water partition coefficient (Wildman–Crippen LogP) is 1.97. The summed E-state index contributed by atoms with van der Waals surface area (Å²) in [5, 5.41) is 1.25. The van der Waals surface area contributed by atoms with Gasteiger partial charge in [0, 0.05) is 31.3 Å². The molecule has 0 saturated heterocycles. The maximum absolute atomic E-state index is 12.3. The molecule has 0 aromatic heterocycles. The van der Waals surface area contributed by atoms with Crippen molar-refractivity contribution in [2.45, 2.75) is 38.5 Å². The number of carbonyl (C=O) groups excluding carboxylic acids is 1. The van der Waals surface area contributed by atoms with Gasteiger partial charge in [0.2, 0.25) is 5.91 Å². The van der Waals surface area contributed by atoms with Crippen LogP contribution in [0.5, 0.6) is 0 Å². The monoisotopic (exact) mass is 297 g/mol. The lowest BCUT2D eigenvalue weighted by molar-refractivity contribution is -0.131. The molecule has 5 heteroatoms. The van der Waals surface area contributed by atoms with E-state index in [1.165, 1.54) is 37.5 Å². The number of carbonyl (C=O) groups is 1. The van der Waals surface area contributed by atoms with Crippen molar-refractivity contribution in [3.63, 3.8) is 0 Å². The second kappa shape index (κ2) is 4.86. The van der Waals surface area contributed by atoms with Crippen molar-refractivity contribution in [1.82, 2.24) is 4.90 Å². The zero-order valence-corrected chi connectivity index (χ0v) is 12.9. The maximum Gasteiger partial charge on any atom is 0.222 e. The molecule has 0 radical (unpaired) electrons. The fourth-order valence-electron chi connectivity index (χ4n) is 4.27. The predicted molar refractivity (Wildman–Crippen MR) is 77.7 cm³/mol. The van der Waals surface area contributed by atoms with E-state index in [-0.39, 0.29) is 17.6 Å². The summed E-state index contributed by atoms with van der Waals surface area (Å²) < 4.78 is 22.7. The summed E-state index contributed by atoms with van der Waals surface area (Å²) >= 11 is 0. The Kier molecular flexibility index (Phi) is 3.43. The summed E-state index contributed by atoms with van der Waals surface area (Å²) in [4.78, 5) is 14.1. The quantitative estimate of drug-likeness (QED) is 0.797. The van der Waals surface area contributed by atoms with Crippen molar-refractivity contribution in [3.05, 3.63) is 11.5 Å². The highest BCUT2D eigenvalue weighted by molar-refractivity contribution is 7.94. The van der Waals surface area contributed by atoms with Gasteiger partial charge in [-0.15, -0.1) is 0 Å². The fraction of sp³-hybridized carbons (Fsp3) is 0.800. The second-order valence-corrected chi connectivity index (χ2v) is 8.95. The molecule has 1 amide bonds. The Morgan fingerprint density at radius 1 is 1.35 bits per heavy atom. The Morgan fingerprint density at radius 2 is 2.05 bits per heavy atom. The van der Waals surface area contributed by atoms with E-state index in [0.717, 1.165) is 12.5 Å². The molecule has 0 aromatic rings. The molecule has 1 unspecified atom stereocenters. The van der Waals surface area contributed by atoms with Gasteiger partial charge in [-0.2, -0.15) is 0 Å². The molecule has 2 saturated carbocycles. The number of hydrogen-bond donors (Lipinski definition) is 0. The molecule has 0 spiro atoms. The fourth-order valence-corrected chi connectivity index (χ4v) is 5.67. The number of allylic oxidation sites excluding steroid dienone is 1. The highest BCUT2D eigenvalue weighted by Crippen LogP contribution is 2.54. The lowest BCUT2D eigenvalue weighted by atomic mass is 9.84. The van der Waals surface area contributed by atoms with E-state index in [4.69, 9.17) is 0 Å². The summed E-state index contributed by atoms with van der Waals surface area (Å²) in [6, 6.07) is 0. The standard InChI is InChI=1S/C15H23NO3S/c1-16(11-15-5-2-12(9-15)3-6-15)14(17)8-13-4-7-20(18,19)10-13/h4,7,12-13H,2-3,5-6,8-11H2,1H3. The van der Waals surface area contributed by atoms with Gasteiger partial charge in [0.1, 0.15) is 0 Å². The summed E-state index contributed by atoms with van der Waals surface area (Å²) in [6.07, 6.45) is 8.44. The van der Waals surface area contributed by atoms with E-state index in [9.17, 15) is 13.2 Å². The van der Waals surface area contributed by atoms with Gasteiger partial charge < -0.3 is 4.90 Å². The Labute approximate surface area is 121 Å². The highest BCUT2D eigenvalue weighted by atomic mass is 32.2. The van der Waals surface area contributed by atoms with Crippen LogP contribution >= 0.6 is 0 Å². The summed E-state index contributed by atoms with van der Waals surface area (Å²) in [5.74, 6) is 0.940. The van der Waals surface area contributed by atoms with Crippen LogP contribution in [0.3, 0.4) is 0 Å². The van der Waals surface area contributed by atoms with E-state index < -0.39 is 9.84 Å². The molecule has 2 bridgehead atoms. The van der Waals surface area contributed by atoms with Gasteiger partial charge in [-0.05, 0) is 43.4 Å². The molecule has 20 heavy (non-hydrogen) atoms. The number of nitrogens with zero attached hydrogens (tertiary/aromatic N) is 1. The first-order valence-corrected chi connectivity index (χ1v) is 9.24. The Morgan fingerprint density at radius 3 is 2.55 bits per heavy atom. The first kappa shape index (κ1) is 14.1. The minimum Gasteiger partial charge on any atom is -0.345 e. The molecule has 3 rings (SSSR count). The van der Waals surface area contributed by atoms with Crippen LogP contribution in [0.4, 0.5) is 0 Å². The molecule has 1 heterocycles. The molecule has 1 atom stereocenters. The van der Waals surface area contributed by atoms with E-state index in [1.807, 2.05) is 11.9 Å². The zero-order valence-electron chi connectivity index (χ0n) is 12.0. The van der Waals surface area contributed by atoms with Crippen LogP contribution in [0.1, 0.15) is 38.5 Å². The zero-order chi connectivity index (χ0) is 14.4. The average molecular weight is 297 g/mol. The second-order valence-electron chi connectivity index (χ2n) is 7.02. The first-order valence-electron chi connectivity index (χ1n) is 7.52. The highest BCUT2D eigenvalue weighted by Gasteiger charge is 2.45. The Bertz CT molecular complexity index is 529. The van der Waals surface area contributed by atoms with Crippen LogP contribution < -0.4 is 0 Å². The van der Waals surface area contributed by atoms with E-state index >= 15 is 0 Å². The van der Waals surface area contributed by atoms with Crippen molar-refractivity contribution < 1.29 is 13.2 Å². The topological polar surface area (TPSA) is 54.5 Å². The van der Waals surface area contributed by atoms with E-state index in [0.29, 0.717) is 11.8 Å². The summed E-state index contributed by atoms with van der Waals surface area (Å²) in [6.45, 7) is 0.853. The van der Waals surface area contributed by atoms with Crippen LogP contribution in [-0.4, -0.2) is 38.6 Å². The van der Waals surface area contributed by atoms with Crippen molar-refractivity contribution in [2.75, 3.05) is 19.3 Å². The molecule has 2 fully saturated rings. The van der Waals surface area contributed by atoms with Crippen molar-refractivity contribution in [3.8, 4) is 0 Å². The van der Waals surface area contributed by atoms with Crippen molar-refractivity contribution in [1.29, 1.82) is 0 Å². The Hall–Kier alpha value is -0.840. The van der Waals surface area contributed by atoms with Gasteiger partial charge >= 0.3 is 0 Å². The van der Waals surface area contributed by atoms with Crippen LogP contribution in [0.25, 0.3) is 0 Å². The first-order chi connectivity index (χ1) is 9.38. The van der Waals surface area contributed by atoms with Gasteiger partial charge in [-0.3, -0.25) is 4.79 Å². The number of sulfone groups is 1. The molecule has 0 N–H and O–H groups in total. The van der Waals surface area contributed by atoms with Gasteiger partial charge in [0.15, 0.2) is 9.84 Å². The third-order valence-electron chi connectivity index (χ3n) is 5.33. The van der Waals surface area contributed by atoms with Crippen molar-refractivity contribution in [2.24, 2.45) is 17.3 Å². The molecule has 3 aliphatic rings. The number of hydrogen-bond acceptors (Lipinski definition) is 3. The Balaban J connectivity index is 1.54. The summed E-state index contributed by atoms with van der Waals surface area (Å²) in [7, 11) is -1.18. The van der Waals surface area contributed by atoms with E-state index in [2.05, 4.69) is 0 Å². The number of amides is 1. The normalized spacial score (nSPS) is 37.5. The molecular weight excluding hydrogens is 274 g/mol. The van der Waals surface area contributed by atoms with Crippen LogP contribution in [0.15, 0.2) is 11.5 Å². The SMILES string of the molecule is CN(CC12CCC(CC1)C2)C(=O)CC1C=CS(=O)(=O)C1. The summed E-state index contributed by atoms with van der Waals surface area (Å²) in [5.41, 5.74) is 0.368. The largest absolute Gasteiger partial charge is 0.345 e. The smallest absolute Gasteiger partial charge is 0.222 e. The van der Waals surface area contributed by atoms with E-state index in [1.54, 1.807) is 6.08 Å². The molecule has 0 aromatic carbocycles. The third-order valence-corrected chi connectivity index (χ3v) is 6.79. The lowest BCUT2D eigenvalue weighted by Gasteiger charge is -2.32. The number of fused-ring (bicyclic) bond motifs is 2. The maximum atomic E-state index is 12.3. The molecule has 1 aliphatic heterocycles. The third kappa shape index (κ3) is 2.78. The molecule has 112 valence electrons. The lowest BCUT2D eigenvalue weighted by Crippen LogP contribution is -2.37. The minimum absolute atomic E-state index is 0.0847. The molecular formula is C15H23NO3S. The van der Waals surface area contributed by atoms with Gasteiger partial charge in [-0.25, -0.2) is 8.42 Å². The van der Waals surface area contributed by atoms with Crippen LogP contribution in [0, 0.1) is 17.3 Å². The molecule has 2 aliphatic carbocycles. The van der Waals surface area contributed by atoms with Crippen LogP contribution in [-0.2, 0) is 14.6 Å².